The molecule has 0 bridgehead atoms. The average Bonchev–Trinajstić information content (AvgIpc) is 2.90. The quantitative estimate of drug-likeness (QED) is 0.326. The Hall–Kier alpha value is -2.95. The number of likely N-dealkylation sites (tertiary alicyclic amines) is 1. The van der Waals surface area contributed by atoms with Crippen molar-refractivity contribution in [1.29, 1.82) is 0 Å². The van der Waals surface area contributed by atoms with Crippen molar-refractivity contribution < 1.29 is 34.2 Å². The van der Waals surface area contributed by atoms with Gasteiger partial charge in [-0.15, -0.1) is 0 Å². The van der Waals surface area contributed by atoms with Gasteiger partial charge in [-0.3, -0.25) is 28.9 Å². The largest absolute Gasteiger partial charge is 0.507 e. The third kappa shape index (κ3) is 4.50. The van der Waals surface area contributed by atoms with Gasteiger partial charge < -0.3 is 20.8 Å². The van der Waals surface area contributed by atoms with Gasteiger partial charge >= 0.3 is 0 Å². The molecule has 1 aromatic carbocycles. The van der Waals surface area contributed by atoms with Gasteiger partial charge in [0.2, 0.25) is 5.91 Å². The maximum atomic E-state index is 13.9. The number of hydrogen-bond donors (Lipinski definition) is 3. The van der Waals surface area contributed by atoms with Crippen molar-refractivity contribution in [1.82, 2.24) is 9.80 Å². The zero-order valence-electron chi connectivity index (χ0n) is 23.2. The highest BCUT2D eigenvalue weighted by atomic mass is 16.3. The molecule has 3 aliphatic carbocycles. The summed E-state index contributed by atoms with van der Waals surface area (Å²) in [5.41, 5.74) is 4.38. The Bertz CT molecular complexity index is 1250. The Kier molecular flexibility index (Phi) is 7.71. The number of fused-ring (bicyclic) bond motifs is 3. The number of rotatable bonds is 7. The van der Waals surface area contributed by atoms with Gasteiger partial charge in [-0.1, -0.05) is 12.5 Å². The van der Waals surface area contributed by atoms with Crippen LogP contribution < -0.4 is 5.73 Å². The molecule has 3 fully saturated rings. The number of primary amides is 1. The Morgan fingerprint density at radius 3 is 2.42 bits per heavy atom. The molecule has 1 heterocycles. The van der Waals surface area contributed by atoms with Crippen LogP contribution in [0.4, 0.5) is 0 Å². The summed E-state index contributed by atoms with van der Waals surface area (Å²) < 4.78 is 0. The summed E-state index contributed by atoms with van der Waals surface area (Å²) >= 11 is 0. The lowest BCUT2D eigenvalue weighted by molar-refractivity contribution is -0.181. The van der Waals surface area contributed by atoms with E-state index in [-0.39, 0.29) is 17.7 Å². The number of unbranched alkanes of at least 4 members (excludes halogenated alkanes) is 1. The Labute approximate surface area is 233 Å². The van der Waals surface area contributed by atoms with Gasteiger partial charge in [0.25, 0.3) is 0 Å². The van der Waals surface area contributed by atoms with Crippen molar-refractivity contribution in [3.8, 4) is 5.75 Å². The molecule has 4 N–H and O–H groups in total. The second-order valence-electron chi connectivity index (χ2n) is 12.2. The Balaban J connectivity index is 1.44. The number of carbonyl (C=O) groups is 5. The lowest BCUT2D eigenvalue weighted by atomic mass is 9.52. The van der Waals surface area contributed by atoms with E-state index in [9.17, 15) is 34.2 Å². The number of carbonyl (C=O) groups excluding carboxylic acids is 5. The predicted octanol–water partition coefficient (Wildman–Crippen LogP) is 0.676. The summed E-state index contributed by atoms with van der Waals surface area (Å²) in [4.78, 5) is 70.3. The van der Waals surface area contributed by atoms with Crippen LogP contribution in [0.1, 0.15) is 60.0 Å². The smallest absolute Gasteiger partial charge is 0.235 e. The van der Waals surface area contributed by atoms with E-state index in [0.29, 0.717) is 12.0 Å². The van der Waals surface area contributed by atoms with Crippen LogP contribution in [0.15, 0.2) is 12.1 Å². The first-order chi connectivity index (χ1) is 19.0. The van der Waals surface area contributed by atoms with Gasteiger partial charge in [0.1, 0.15) is 5.75 Å². The molecule has 4 aliphatic rings. The maximum Gasteiger partial charge on any atom is 0.235 e. The molecular weight excluding hydrogens is 514 g/mol. The number of piperidine rings is 1. The lowest BCUT2D eigenvalue weighted by Crippen LogP contribution is -2.74. The maximum absolute atomic E-state index is 13.9. The summed E-state index contributed by atoms with van der Waals surface area (Å²) in [5, 5.41) is 22.4. The fraction of sp³-hybridized carbons (Fsp3) is 0.633. The lowest BCUT2D eigenvalue weighted by Gasteiger charge is -2.52. The van der Waals surface area contributed by atoms with E-state index in [2.05, 4.69) is 4.90 Å². The molecule has 216 valence electrons. The summed E-state index contributed by atoms with van der Waals surface area (Å²) in [6.45, 7) is 3.29. The number of phenols is 1. The molecule has 5 rings (SSSR count). The number of aromatic hydroxyl groups is 1. The highest BCUT2D eigenvalue weighted by Gasteiger charge is 2.69. The molecule has 10 nitrogen and oxygen atoms in total. The van der Waals surface area contributed by atoms with Crippen LogP contribution in [-0.4, -0.2) is 94.4 Å². The minimum absolute atomic E-state index is 0.0634. The van der Waals surface area contributed by atoms with Crippen LogP contribution in [0.3, 0.4) is 0 Å². The summed E-state index contributed by atoms with van der Waals surface area (Å²) in [7, 11) is 3.16. The van der Waals surface area contributed by atoms with E-state index in [1.54, 1.807) is 14.1 Å². The first-order valence-corrected chi connectivity index (χ1v) is 14.4. The number of hydrogen-bond acceptors (Lipinski definition) is 9. The SMILES string of the molecule is CN(C)[C@@H]1C(=O)C(C(N)=O)C(=O)[C@@]2(O)C(=O)C3C(=O)c4c(O)ccc(CCCCN5CCCCC5)c4C[C@H]3C[C@@H]12. The van der Waals surface area contributed by atoms with Crippen molar-refractivity contribution in [2.45, 2.75) is 63.0 Å². The monoisotopic (exact) mass is 553 g/mol. The number of aryl methyl sites for hydroxylation is 1. The van der Waals surface area contributed by atoms with E-state index in [1.807, 2.05) is 6.07 Å². The van der Waals surface area contributed by atoms with Crippen molar-refractivity contribution >= 4 is 29.0 Å². The number of nitrogens with two attached hydrogens (primary N) is 1. The zero-order valence-corrected chi connectivity index (χ0v) is 23.2. The molecule has 10 heteroatoms. The van der Waals surface area contributed by atoms with Gasteiger partial charge in [-0.05, 0) is 102 Å². The van der Waals surface area contributed by atoms with E-state index in [0.717, 1.165) is 44.5 Å². The van der Waals surface area contributed by atoms with Gasteiger partial charge in [0, 0.05) is 5.92 Å². The van der Waals surface area contributed by atoms with Gasteiger partial charge in [-0.2, -0.15) is 0 Å². The van der Waals surface area contributed by atoms with Gasteiger partial charge in [0.15, 0.2) is 34.7 Å². The molecule has 1 aliphatic heterocycles. The molecule has 6 atom stereocenters. The molecule has 40 heavy (non-hydrogen) atoms. The first-order valence-electron chi connectivity index (χ1n) is 14.4. The molecule has 0 aromatic heterocycles. The van der Waals surface area contributed by atoms with Crippen molar-refractivity contribution in [3.63, 3.8) is 0 Å². The van der Waals surface area contributed by atoms with Gasteiger partial charge in [0.05, 0.1) is 17.5 Å². The minimum Gasteiger partial charge on any atom is -0.507 e. The summed E-state index contributed by atoms with van der Waals surface area (Å²) in [6, 6.07) is 2.20. The molecule has 0 radical (unpaired) electrons. The number of nitrogens with zero attached hydrogens (tertiary/aromatic N) is 2. The van der Waals surface area contributed by atoms with Crippen LogP contribution in [0.5, 0.6) is 5.75 Å². The second kappa shape index (κ2) is 10.8. The zero-order chi connectivity index (χ0) is 28.9. The van der Waals surface area contributed by atoms with E-state index in [4.69, 9.17) is 5.73 Å². The van der Waals surface area contributed by atoms with Crippen LogP contribution in [0, 0.1) is 23.7 Å². The third-order valence-corrected chi connectivity index (χ3v) is 9.66. The molecule has 1 aromatic rings. The Morgan fingerprint density at radius 2 is 1.77 bits per heavy atom. The van der Waals surface area contributed by atoms with Crippen LogP contribution >= 0.6 is 0 Å². The molecule has 2 unspecified atom stereocenters. The normalized spacial score (nSPS) is 32.5. The molecular formula is C30H39N3O7. The van der Waals surface area contributed by atoms with Crippen LogP contribution in [0.25, 0.3) is 0 Å². The number of benzene rings is 1. The fourth-order valence-corrected chi connectivity index (χ4v) is 7.74. The highest BCUT2D eigenvalue weighted by molar-refractivity contribution is 6.32. The van der Waals surface area contributed by atoms with Crippen molar-refractivity contribution in [2.24, 2.45) is 29.4 Å². The first kappa shape index (κ1) is 28.6. The number of ketones is 4. The summed E-state index contributed by atoms with van der Waals surface area (Å²) in [5.74, 6) is -10.1. The standard InChI is InChI=1S/C30H39N3O7/c1-32(2)24-19-15-17-14-18-16(8-4-7-13-33-11-5-3-6-12-33)9-10-20(34)22(18)25(35)21(17)27(37)30(19,40)28(38)23(26(24)36)29(31)39/h9-10,17,19,21,23-24,34,40H,3-8,11-15H2,1-2H3,(H2,31,39)/t17-,19-,21?,23?,24-,30-/m0/s1. The van der Waals surface area contributed by atoms with Crippen molar-refractivity contribution in [3.05, 3.63) is 28.8 Å². The number of phenolic OH excluding ortho intramolecular Hbond substituents is 1. The number of aliphatic hydroxyl groups is 1. The third-order valence-electron chi connectivity index (χ3n) is 9.66. The fourth-order valence-electron chi connectivity index (χ4n) is 7.74. The van der Waals surface area contributed by atoms with Crippen LogP contribution in [-0.2, 0) is 32.0 Å². The molecule has 1 amide bonds. The molecule has 1 saturated heterocycles. The predicted molar refractivity (Wildman–Crippen MR) is 145 cm³/mol. The average molecular weight is 554 g/mol. The Morgan fingerprint density at radius 1 is 1.07 bits per heavy atom. The number of Topliss-reactive ketones (excluding diaryl/α,β-unsaturated/α-hetero) is 4. The van der Waals surface area contributed by atoms with Crippen molar-refractivity contribution in [2.75, 3.05) is 33.7 Å². The molecule has 2 saturated carbocycles. The highest BCUT2D eigenvalue weighted by Crippen LogP contribution is 2.51. The second-order valence-corrected chi connectivity index (χ2v) is 12.2. The summed E-state index contributed by atoms with van der Waals surface area (Å²) in [6.07, 6.45) is 6.78. The van der Waals surface area contributed by atoms with Crippen LogP contribution in [0.2, 0.25) is 0 Å². The van der Waals surface area contributed by atoms with Gasteiger partial charge in [-0.25, -0.2) is 0 Å². The topological polar surface area (TPSA) is 158 Å². The van der Waals surface area contributed by atoms with E-state index in [1.165, 1.54) is 30.2 Å². The van der Waals surface area contributed by atoms with E-state index < -0.39 is 64.4 Å². The minimum atomic E-state index is -2.70. The number of amides is 1. The van der Waals surface area contributed by atoms with E-state index >= 15 is 0 Å². The number of likely N-dealkylation sites (N-methyl/N-ethyl adjacent to an activating group) is 1. The molecule has 0 spiro atoms.